The van der Waals surface area contributed by atoms with Gasteiger partial charge in [-0.15, -0.1) is 0 Å². The number of amides is 1. The van der Waals surface area contributed by atoms with Crippen LogP contribution in [0.2, 0.25) is 0 Å². The maximum absolute atomic E-state index is 11.4. The second-order valence-corrected chi connectivity index (χ2v) is 3.98. The fraction of sp³-hybridized carbons (Fsp3) is 0.750. The Morgan fingerprint density at radius 3 is 2.64 bits per heavy atom. The molecule has 1 aliphatic rings. The van der Waals surface area contributed by atoms with E-state index >= 15 is 0 Å². The zero-order valence-electron chi connectivity index (χ0n) is 8.56. The van der Waals surface area contributed by atoms with E-state index in [1.165, 1.54) is 5.01 Å². The minimum Gasteiger partial charge on any atom is -0.309 e. The number of hydrogen-bond donors (Lipinski definition) is 1. The minimum absolute atomic E-state index is 0.00347. The molecule has 0 aromatic rings. The standard InChI is InChI=1S/C8H16N4OS/c1-10(2)4-3-5-11-7(13)6-12(9)8(11)14/h3-6,9H2,1-2H3. The average Bonchev–Trinajstić information content (AvgIpc) is 2.31. The van der Waals surface area contributed by atoms with Crippen molar-refractivity contribution in [2.45, 2.75) is 6.42 Å². The molecule has 1 rings (SSSR count). The predicted molar refractivity (Wildman–Crippen MR) is 58.4 cm³/mol. The molecular weight excluding hydrogens is 200 g/mol. The van der Waals surface area contributed by atoms with E-state index in [0.29, 0.717) is 11.7 Å². The molecule has 0 unspecified atom stereocenters. The number of carbonyl (C=O) groups is 1. The zero-order valence-corrected chi connectivity index (χ0v) is 9.38. The third-order valence-electron chi connectivity index (χ3n) is 2.07. The Hall–Kier alpha value is -0.720. The van der Waals surface area contributed by atoms with Gasteiger partial charge in [0.15, 0.2) is 5.11 Å². The fourth-order valence-electron chi connectivity index (χ4n) is 1.33. The van der Waals surface area contributed by atoms with Crippen molar-refractivity contribution in [3.05, 3.63) is 0 Å². The van der Waals surface area contributed by atoms with Crippen LogP contribution < -0.4 is 5.84 Å². The van der Waals surface area contributed by atoms with E-state index in [0.717, 1.165) is 13.0 Å². The number of nitrogens with two attached hydrogens (primary N) is 1. The van der Waals surface area contributed by atoms with Crippen molar-refractivity contribution >= 4 is 23.2 Å². The van der Waals surface area contributed by atoms with Gasteiger partial charge >= 0.3 is 0 Å². The molecule has 1 saturated heterocycles. The molecule has 1 amide bonds. The van der Waals surface area contributed by atoms with Crippen LogP contribution >= 0.6 is 12.2 Å². The van der Waals surface area contributed by atoms with Crippen molar-refractivity contribution in [1.82, 2.24) is 14.8 Å². The Balaban J connectivity index is 2.37. The van der Waals surface area contributed by atoms with Crippen molar-refractivity contribution < 1.29 is 4.79 Å². The summed E-state index contributed by atoms with van der Waals surface area (Å²) in [5, 5.41) is 1.75. The Morgan fingerprint density at radius 2 is 2.21 bits per heavy atom. The molecule has 80 valence electrons. The fourth-order valence-corrected chi connectivity index (χ4v) is 1.58. The van der Waals surface area contributed by atoms with Crippen LogP contribution in [0.1, 0.15) is 6.42 Å². The molecule has 0 bridgehead atoms. The molecule has 0 radical (unpaired) electrons. The molecule has 1 aliphatic heterocycles. The summed E-state index contributed by atoms with van der Waals surface area (Å²) in [5.41, 5.74) is 0. The summed E-state index contributed by atoms with van der Waals surface area (Å²) in [4.78, 5) is 15.0. The molecule has 0 atom stereocenters. The first-order valence-corrected chi connectivity index (χ1v) is 4.94. The largest absolute Gasteiger partial charge is 0.309 e. The van der Waals surface area contributed by atoms with Crippen LogP contribution in [-0.4, -0.2) is 59.6 Å². The van der Waals surface area contributed by atoms with Gasteiger partial charge in [-0.05, 0) is 39.3 Å². The van der Waals surface area contributed by atoms with Crippen LogP contribution in [0.5, 0.6) is 0 Å². The Morgan fingerprint density at radius 1 is 1.57 bits per heavy atom. The molecule has 0 aliphatic carbocycles. The Labute approximate surface area is 89.4 Å². The topological polar surface area (TPSA) is 52.8 Å². The molecule has 2 N–H and O–H groups in total. The molecule has 0 saturated carbocycles. The van der Waals surface area contributed by atoms with Gasteiger partial charge in [0.2, 0.25) is 5.91 Å². The van der Waals surface area contributed by atoms with E-state index in [-0.39, 0.29) is 12.5 Å². The van der Waals surface area contributed by atoms with Gasteiger partial charge in [0.1, 0.15) is 6.54 Å². The first kappa shape index (κ1) is 11.4. The highest BCUT2D eigenvalue weighted by Gasteiger charge is 2.30. The van der Waals surface area contributed by atoms with Crippen LogP contribution in [-0.2, 0) is 4.79 Å². The van der Waals surface area contributed by atoms with Crippen LogP contribution in [0.15, 0.2) is 0 Å². The maximum atomic E-state index is 11.4. The Bertz CT molecular complexity index is 243. The third kappa shape index (κ3) is 2.63. The van der Waals surface area contributed by atoms with E-state index < -0.39 is 0 Å². The molecule has 6 heteroatoms. The van der Waals surface area contributed by atoms with Gasteiger partial charge in [0.25, 0.3) is 0 Å². The van der Waals surface area contributed by atoms with Crippen molar-refractivity contribution in [3.63, 3.8) is 0 Å². The third-order valence-corrected chi connectivity index (χ3v) is 2.53. The summed E-state index contributed by atoms with van der Waals surface area (Å²) in [6, 6.07) is 0. The van der Waals surface area contributed by atoms with Gasteiger partial charge in [0, 0.05) is 6.54 Å². The number of carbonyl (C=O) groups excluding carboxylic acids is 1. The smallest absolute Gasteiger partial charge is 0.250 e. The number of thiocarbonyl (C=S) groups is 1. The summed E-state index contributed by atoms with van der Waals surface area (Å²) in [7, 11) is 4.00. The van der Waals surface area contributed by atoms with E-state index in [1.54, 1.807) is 4.90 Å². The van der Waals surface area contributed by atoms with Crippen molar-refractivity contribution in [3.8, 4) is 0 Å². The first-order valence-electron chi connectivity index (χ1n) is 4.53. The number of hydrazine groups is 1. The Kier molecular flexibility index (Phi) is 3.79. The van der Waals surface area contributed by atoms with E-state index in [2.05, 4.69) is 4.90 Å². The SMILES string of the molecule is CN(C)CCCN1C(=O)CN(N)C1=S. The molecular formula is C8H16N4OS. The average molecular weight is 216 g/mol. The second kappa shape index (κ2) is 4.68. The van der Waals surface area contributed by atoms with Crippen molar-refractivity contribution in [1.29, 1.82) is 0 Å². The summed E-state index contributed by atoms with van der Waals surface area (Å²) in [6.07, 6.45) is 0.909. The van der Waals surface area contributed by atoms with E-state index in [1.807, 2.05) is 14.1 Å². The molecule has 0 aromatic heterocycles. The molecule has 0 spiro atoms. The lowest BCUT2D eigenvalue weighted by atomic mass is 10.4. The van der Waals surface area contributed by atoms with Crippen molar-refractivity contribution in [2.24, 2.45) is 5.84 Å². The lowest BCUT2D eigenvalue weighted by molar-refractivity contribution is -0.125. The first-order chi connectivity index (χ1) is 6.52. The van der Waals surface area contributed by atoms with Gasteiger partial charge in [-0.3, -0.25) is 14.7 Å². The number of nitrogens with zero attached hydrogens (tertiary/aromatic N) is 3. The summed E-state index contributed by atoms with van der Waals surface area (Å²) >= 11 is 5.01. The van der Waals surface area contributed by atoms with Crippen LogP contribution in [0.25, 0.3) is 0 Å². The van der Waals surface area contributed by atoms with Gasteiger partial charge in [-0.1, -0.05) is 0 Å². The van der Waals surface area contributed by atoms with Crippen LogP contribution in [0.3, 0.4) is 0 Å². The van der Waals surface area contributed by atoms with Gasteiger partial charge in [0.05, 0.1) is 0 Å². The van der Waals surface area contributed by atoms with E-state index in [9.17, 15) is 4.79 Å². The van der Waals surface area contributed by atoms with Crippen LogP contribution in [0, 0.1) is 0 Å². The molecule has 1 heterocycles. The van der Waals surface area contributed by atoms with Crippen LogP contribution in [0.4, 0.5) is 0 Å². The zero-order chi connectivity index (χ0) is 10.7. The molecule has 14 heavy (non-hydrogen) atoms. The molecule has 0 aromatic carbocycles. The minimum atomic E-state index is -0.00347. The highest BCUT2D eigenvalue weighted by molar-refractivity contribution is 7.80. The second-order valence-electron chi connectivity index (χ2n) is 3.61. The van der Waals surface area contributed by atoms with E-state index in [4.69, 9.17) is 18.1 Å². The highest BCUT2D eigenvalue weighted by Crippen LogP contribution is 2.07. The summed E-state index contributed by atoms with van der Waals surface area (Å²) < 4.78 is 0. The normalized spacial score (nSPS) is 17.4. The quantitative estimate of drug-likeness (QED) is 0.494. The maximum Gasteiger partial charge on any atom is 0.250 e. The monoisotopic (exact) mass is 216 g/mol. The molecule has 5 nitrogen and oxygen atoms in total. The van der Waals surface area contributed by atoms with Gasteiger partial charge in [-0.25, -0.2) is 5.84 Å². The highest BCUT2D eigenvalue weighted by atomic mass is 32.1. The van der Waals surface area contributed by atoms with Gasteiger partial charge in [-0.2, -0.15) is 0 Å². The molecule has 1 fully saturated rings. The summed E-state index contributed by atoms with van der Waals surface area (Å²) in [5.74, 6) is 5.51. The van der Waals surface area contributed by atoms with Crippen molar-refractivity contribution in [2.75, 3.05) is 33.7 Å². The number of hydrogen-bond acceptors (Lipinski definition) is 4. The summed E-state index contributed by atoms with van der Waals surface area (Å²) in [6.45, 7) is 1.81. The number of rotatable bonds is 4. The predicted octanol–water partition coefficient (Wildman–Crippen LogP) is -0.759. The lowest BCUT2D eigenvalue weighted by Crippen LogP contribution is -2.37. The lowest BCUT2D eigenvalue weighted by Gasteiger charge is -2.17. The van der Waals surface area contributed by atoms with Gasteiger partial charge < -0.3 is 4.90 Å².